The van der Waals surface area contributed by atoms with E-state index in [1.54, 1.807) is 0 Å². The van der Waals surface area contributed by atoms with Crippen molar-refractivity contribution >= 4 is 44.7 Å². The molecule has 0 saturated carbocycles. The maximum atomic E-state index is 13.4. The van der Waals surface area contributed by atoms with E-state index in [4.69, 9.17) is 28.9 Å². The van der Waals surface area contributed by atoms with Gasteiger partial charge in [0.25, 0.3) is 10.0 Å². The van der Waals surface area contributed by atoms with Gasteiger partial charge in [0.2, 0.25) is 0 Å². The Hall–Kier alpha value is -1.64. The largest absolute Gasteiger partial charge is 0.396 e. The lowest BCUT2D eigenvalue weighted by Gasteiger charge is -2.10. The van der Waals surface area contributed by atoms with Gasteiger partial charge < -0.3 is 5.73 Å². The second-order valence-corrected chi connectivity index (χ2v) is 6.49. The van der Waals surface area contributed by atoms with Crippen LogP contribution in [0.3, 0.4) is 0 Å². The molecule has 0 unspecified atom stereocenters. The molecule has 0 fully saturated rings. The molecule has 21 heavy (non-hydrogen) atoms. The van der Waals surface area contributed by atoms with Gasteiger partial charge in [0.15, 0.2) is 11.0 Å². The van der Waals surface area contributed by atoms with Crippen molar-refractivity contribution in [2.45, 2.75) is 11.8 Å². The number of hydrogen-bond donors (Lipinski definition) is 2. The highest BCUT2D eigenvalue weighted by molar-refractivity contribution is 7.92. The number of halogens is 3. The summed E-state index contributed by atoms with van der Waals surface area (Å²) in [7, 11) is -4.04. The second kappa shape index (κ2) is 5.63. The van der Waals surface area contributed by atoms with Crippen LogP contribution >= 0.6 is 23.2 Å². The number of aryl methyl sites for hydroxylation is 1. The van der Waals surface area contributed by atoms with Crippen LogP contribution in [-0.2, 0) is 10.0 Å². The van der Waals surface area contributed by atoms with Crippen LogP contribution in [0, 0.1) is 12.7 Å². The van der Waals surface area contributed by atoms with E-state index >= 15 is 0 Å². The van der Waals surface area contributed by atoms with Crippen LogP contribution in [0.15, 0.2) is 23.4 Å². The Kier molecular flexibility index (Phi) is 4.22. The van der Waals surface area contributed by atoms with Crippen LogP contribution in [0.5, 0.6) is 0 Å². The Balaban J connectivity index is 2.46. The van der Waals surface area contributed by atoms with Crippen LogP contribution in [-0.4, -0.2) is 18.4 Å². The summed E-state index contributed by atoms with van der Waals surface area (Å²) >= 11 is 11.5. The van der Waals surface area contributed by atoms with Gasteiger partial charge in [0.1, 0.15) is 17.2 Å². The Morgan fingerprint density at radius 3 is 2.57 bits per heavy atom. The fraction of sp³-hybridized carbons (Fsp3) is 0.0909. The summed E-state index contributed by atoms with van der Waals surface area (Å²) < 4.78 is 40.0. The molecule has 1 aromatic heterocycles. The van der Waals surface area contributed by atoms with Gasteiger partial charge in [-0.05, 0) is 24.6 Å². The quantitative estimate of drug-likeness (QED) is 0.654. The summed E-state index contributed by atoms with van der Waals surface area (Å²) in [5.74, 6) is -0.853. The third kappa shape index (κ3) is 3.17. The molecule has 0 radical (unpaired) electrons. The molecule has 0 aliphatic heterocycles. The van der Waals surface area contributed by atoms with Crippen LogP contribution in [0.25, 0.3) is 0 Å². The zero-order valence-corrected chi connectivity index (χ0v) is 12.9. The molecular weight excluding hydrogens is 342 g/mol. The Morgan fingerprint density at radius 2 is 1.95 bits per heavy atom. The minimum atomic E-state index is -4.04. The standard InChI is InChI=1S/C11H9Cl2FN4O2S/c1-5-2-6(3-7(15)9(5)14)21(19,20)18-11-8(12)10(13)16-4-17-11/h2-4H,15H2,1H3,(H,16,17,18). The first kappa shape index (κ1) is 15.7. The average molecular weight is 351 g/mol. The SMILES string of the molecule is Cc1cc(S(=O)(=O)Nc2ncnc(Cl)c2Cl)cc(N)c1F. The molecule has 1 heterocycles. The zero-order valence-electron chi connectivity index (χ0n) is 10.6. The van der Waals surface area contributed by atoms with Gasteiger partial charge in [0, 0.05) is 0 Å². The number of sulfonamides is 1. The minimum Gasteiger partial charge on any atom is -0.396 e. The fourth-order valence-corrected chi connectivity index (χ4v) is 3.00. The predicted octanol–water partition coefficient (Wildman–Crippen LogP) is 2.61. The van der Waals surface area contributed by atoms with Crippen LogP contribution in [0.2, 0.25) is 10.2 Å². The van der Waals surface area contributed by atoms with Crippen LogP contribution < -0.4 is 10.5 Å². The normalized spacial score (nSPS) is 11.4. The Bertz CT molecular complexity index is 791. The Labute approximate surface area is 130 Å². The summed E-state index contributed by atoms with van der Waals surface area (Å²) in [6, 6.07) is 2.14. The number of rotatable bonds is 3. The van der Waals surface area contributed by atoms with E-state index in [1.807, 2.05) is 0 Å². The number of nitrogens with two attached hydrogens (primary N) is 1. The second-order valence-electron chi connectivity index (χ2n) is 4.08. The molecule has 2 aromatic rings. The first-order valence-electron chi connectivity index (χ1n) is 5.47. The van der Waals surface area contributed by atoms with E-state index in [2.05, 4.69) is 14.7 Å². The van der Waals surface area contributed by atoms with E-state index in [-0.39, 0.29) is 32.1 Å². The van der Waals surface area contributed by atoms with Gasteiger partial charge in [-0.2, -0.15) is 0 Å². The van der Waals surface area contributed by atoms with Crippen molar-refractivity contribution in [3.63, 3.8) is 0 Å². The Morgan fingerprint density at radius 1 is 1.29 bits per heavy atom. The molecular formula is C11H9Cl2FN4O2S. The summed E-state index contributed by atoms with van der Waals surface area (Å²) in [6.45, 7) is 1.40. The van der Waals surface area contributed by atoms with Crippen molar-refractivity contribution in [2.75, 3.05) is 10.5 Å². The molecule has 0 aliphatic carbocycles. The van der Waals surface area contributed by atoms with Gasteiger partial charge in [-0.3, -0.25) is 4.72 Å². The smallest absolute Gasteiger partial charge is 0.263 e. The lowest BCUT2D eigenvalue weighted by Crippen LogP contribution is -2.15. The zero-order chi connectivity index (χ0) is 15.8. The third-order valence-electron chi connectivity index (χ3n) is 2.54. The van der Waals surface area contributed by atoms with Crippen LogP contribution in [0.4, 0.5) is 15.9 Å². The number of nitrogens with one attached hydrogen (secondary N) is 1. The van der Waals surface area contributed by atoms with Crippen molar-refractivity contribution in [2.24, 2.45) is 0 Å². The van der Waals surface area contributed by atoms with Crippen LogP contribution in [0.1, 0.15) is 5.56 Å². The van der Waals surface area contributed by atoms with Crippen molar-refractivity contribution in [3.8, 4) is 0 Å². The minimum absolute atomic E-state index is 0.0980. The molecule has 0 atom stereocenters. The molecule has 10 heteroatoms. The summed E-state index contributed by atoms with van der Waals surface area (Å²) in [5, 5.41) is -0.242. The molecule has 1 aromatic carbocycles. The van der Waals surface area contributed by atoms with Gasteiger partial charge in [0.05, 0.1) is 10.6 Å². The van der Waals surface area contributed by atoms with Crippen molar-refractivity contribution in [1.29, 1.82) is 0 Å². The van der Waals surface area contributed by atoms with E-state index in [0.717, 1.165) is 18.5 Å². The molecule has 0 spiro atoms. The molecule has 2 rings (SSSR count). The van der Waals surface area contributed by atoms with Gasteiger partial charge in [-0.1, -0.05) is 23.2 Å². The highest BCUT2D eigenvalue weighted by Crippen LogP contribution is 2.28. The highest BCUT2D eigenvalue weighted by atomic mass is 35.5. The number of nitrogens with zero attached hydrogens (tertiary/aromatic N) is 2. The number of aromatic nitrogens is 2. The molecule has 0 bridgehead atoms. The molecule has 0 aliphatic rings. The van der Waals surface area contributed by atoms with Gasteiger partial charge >= 0.3 is 0 Å². The van der Waals surface area contributed by atoms with E-state index in [1.165, 1.54) is 6.92 Å². The molecule has 0 amide bonds. The monoisotopic (exact) mass is 350 g/mol. The summed E-state index contributed by atoms with van der Waals surface area (Å²) in [5.41, 5.74) is 5.25. The first-order chi connectivity index (χ1) is 9.72. The number of nitrogen functional groups attached to an aromatic ring is 1. The number of hydrogen-bond acceptors (Lipinski definition) is 5. The molecule has 112 valence electrons. The molecule has 0 saturated heterocycles. The molecule has 3 N–H and O–H groups in total. The van der Waals surface area contributed by atoms with Crippen molar-refractivity contribution in [1.82, 2.24) is 9.97 Å². The lowest BCUT2D eigenvalue weighted by atomic mass is 10.2. The number of anilines is 2. The van der Waals surface area contributed by atoms with Crippen molar-refractivity contribution in [3.05, 3.63) is 40.0 Å². The highest BCUT2D eigenvalue weighted by Gasteiger charge is 2.20. The maximum absolute atomic E-state index is 13.4. The topological polar surface area (TPSA) is 98.0 Å². The lowest BCUT2D eigenvalue weighted by molar-refractivity contribution is 0.599. The summed E-state index contributed by atoms with van der Waals surface area (Å²) in [4.78, 5) is 7.07. The van der Waals surface area contributed by atoms with Gasteiger partial charge in [-0.25, -0.2) is 22.8 Å². The fourth-order valence-electron chi connectivity index (χ4n) is 1.52. The van der Waals surface area contributed by atoms with Gasteiger partial charge in [-0.15, -0.1) is 0 Å². The average Bonchev–Trinajstić information content (AvgIpc) is 2.40. The first-order valence-corrected chi connectivity index (χ1v) is 7.70. The van der Waals surface area contributed by atoms with Crippen molar-refractivity contribution < 1.29 is 12.8 Å². The summed E-state index contributed by atoms with van der Waals surface area (Å²) in [6.07, 6.45) is 1.05. The molecule has 6 nitrogen and oxygen atoms in total. The predicted molar refractivity (Wildman–Crippen MR) is 78.4 cm³/mol. The van der Waals surface area contributed by atoms with E-state index in [9.17, 15) is 12.8 Å². The maximum Gasteiger partial charge on any atom is 0.263 e. The van der Waals surface area contributed by atoms with E-state index < -0.39 is 15.8 Å². The number of benzene rings is 1. The van der Waals surface area contributed by atoms with E-state index in [0.29, 0.717) is 0 Å². The third-order valence-corrected chi connectivity index (χ3v) is 4.60.